The first-order chi connectivity index (χ1) is 20.0. The summed E-state index contributed by atoms with van der Waals surface area (Å²) in [6.07, 6.45) is 6.79. The highest BCUT2D eigenvalue weighted by Gasteiger charge is 2.76. The molecule has 1 aliphatic heterocycles. The van der Waals surface area contributed by atoms with Gasteiger partial charge in [-0.05, 0) is 85.9 Å². The Morgan fingerprint density at radius 3 is 2.81 bits per heavy atom. The second-order valence-corrected chi connectivity index (χ2v) is 14.7. The van der Waals surface area contributed by atoms with Crippen LogP contribution >= 0.6 is 11.3 Å². The monoisotopic (exact) mass is 589 g/mol. The second kappa shape index (κ2) is 9.69. The molecule has 9 atom stereocenters. The van der Waals surface area contributed by atoms with Crippen LogP contribution in [0, 0.1) is 35.5 Å². The first-order valence-corrected chi connectivity index (χ1v) is 15.8. The number of aliphatic hydroxyl groups is 2. The average molecular weight is 590 g/mol. The second-order valence-electron chi connectivity index (χ2n) is 13.5. The van der Waals surface area contributed by atoms with E-state index in [1.54, 1.807) is 23.5 Å². The number of rotatable bonds is 5. The minimum Gasteiger partial charge on any atom is -0.399 e. The van der Waals surface area contributed by atoms with Gasteiger partial charge in [-0.2, -0.15) is 0 Å². The summed E-state index contributed by atoms with van der Waals surface area (Å²) in [5, 5.41) is 22.1. The molecule has 2 heterocycles. The van der Waals surface area contributed by atoms with Crippen molar-refractivity contribution in [3.63, 3.8) is 0 Å². The van der Waals surface area contributed by atoms with E-state index in [4.69, 9.17) is 15.2 Å². The van der Waals surface area contributed by atoms with Crippen LogP contribution in [0.15, 0.2) is 54.1 Å². The molecule has 1 saturated heterocycles. The van der Waals surface area contributed by atoms with Crippen LogP contribution in [0.5, 0.6) is 0 Å². The van der Waals surface area contributed by atoms with Crippen LogP contribution < -0.4 is 5.73 Å². The van der Waals surface area contributed by atoms with Gasteiger partial charge in [-0.1, -0.05) is 37.6 Å². The van der Waals surface area contributed by atoms with Crippen molar-refractivity contribution in [1.29, 1.82) is 0 Å². The summed E-state index contributed by atoms with van der Waals surface area (Å²) in [4.78, 5) is 28.1. The Bertz CT molecular complexity index is 1530. The summed E-state index contributed by atoms with van der Waals surface area (Å²) in [6, 6.07) is 10.0. The fraction of sp³-hybridized carbons (Fsp3) is 0.529. The van der Waals surface area contributed by atoms with Gasteiger partial charge in [0.15, 0.2) is 23.5 Å². The van der Waals surface area contributed by atoms with E-state index in [1.807, 2.05) is 31.2 Å². The van der Waals surface area contributed by atoms with Crippen LogP contribution in [-0.2, 0) is 25.5 Å². The number of anilines is 1. The number of benzene rings is 1. The van der Waals surface area contributed by atoms with Crippen molar-refractivity contribution >= 4 is 28.6 Å². The van der Waals surface area contributed by atoms with E-state index in [2.05, 4.69) is 26.0 Å². The lowest BCUT2D eigenvalue weighted by Gasteiger charge is -2.59. The minimum atomic E-state index is -1.34. The summed E-state index contributed by atoms with van der Waals surface area (Å²) < 4.78 is 13.5. The summed E-state index contributed by atoms with van der Waals surface area (Å²) >= 11 is 1.62. The molecule has 1 aromatic carbocycles. The number of ketones is 2. The number of nitrogens with two attached hydrogens (primary N) is 1. The number of carbonyl (C=O) groups excluding carboxylic acids is 2. The van der Waals surface area contributed by atoms with Gasteiger partial charge in [-0.15, -0.1) is 11.3 Å². The van der Waals surface area contributed by atoms with Gasteiger partial charge in [0.05, 0.1) is 17.1 Å². The van der Waals surface area contributed by atoms with E-state index in [0.29, 0.717) is 12.8 Å². The molecule has 222 valence electrons. The molecule has 0 bridgehead atoms. The van der Waals surface area contributed by atoms with Gasteiger partial charge >= 0.3 is 0 Å². The lowest BCUT2D eigenvalue weighted by Crippen LogP contribution is -2.63. The number of aliphatic hydroxyl groups excluding tert-OH is 2. The zero-order valence-electron chi connectivity index (χ0n) is 24.3. The Hall–Kier alpha value is -2.62. The molecule has 5 aliphatic rings. The predicted molar refractivity (Wildman–Crippen MR) is 160 cm³/mol. The summed E-state index contributed by atoms with van der Waals surface area (Å²) in [5.74, 6) is -0.227. The molecular formula is C34H39NO6S. The first-order valence-electron chi connectivity index (χ1n) is 15.0. The molecule has 0 spiro atoms. The standard InChI is InChI=1S/C34H39NO6S/c1-18-11-23(13-19-5-4-6-21(35)12-19)42-30(18)31-40-28-15-25-24-8-7-20-14-22(37)9-10-32(20,2)29(24)26(38)16-33(25,3)34(28,41-31)27(39)17-36/h4-6,9-12,14,24-26,28-29,31,36,38H,7-8,13,15-17,35H2,1-3H3/t24-,25-,26-,28+,29+,31+,32-,33-,34+/m0/s1. The highest BCUT2D eigenvalue weighted by molar-refractivity contribution is 7.12. The summed E-state index contributed by atoms with van der Waals surface area (Å²) in [7, 11) is 0. The summed E-state index contributed by atoms with van der Waals surface area (Å²) in [6.45, 7) is 5.60. The third kappa shape index (κ3) is 3.85. The zero-order chi connectivity index (χ0) is 29.6. The third-order valence-corrected chi connectivity index (χ3v) is 12.6. The number of Topliss-reactive ketones (excluding diaryl/α,β-unsaturated/α-hetero) is 1. The van der Waals surface area contributed by atoms with Crippen molar-refractivity contribution in [2.24, 2.45) is 28.6 Å². The lowest BCUT2D eigenvalue weighted by atomic mass is 9.46. The van der Waals surface area contributed by atoms with Gasteiger partial charge in [-0.25, -0.2) is 0 Å². The third-order valence-electron chi connectivity index (χ3n) is 11.3. The summed E-state index contributed by atoms with van der Waals surface area (Å²) in [5.41, 5.74) is 7.51. The molecule has 4 N–H and O–H groups in total. The first kappa shape index (κ1) is 28.2. The van der Waals surface area contributed by atoms with Crippen molar-refractivity contribution in [3.05, 3.63) is 75.0 Å². The number of fused-ring (bicyclic) bond motifs is 7. The Balaban J connectivity index is 1.21. The highest BCUT2D eigenvalue weighted by Crippen LogP contribution is 2.70. The smallest absolute Gasteiger partial charge is 0.195 e. The van der Waals surface area contributed by atoms with Crippen LogP contribution in [0.25, 0.3) is 0 Å². The molecule has 42 heavy (non-hydrogen) atoms. The lowest BCUT2D eigenvalue weighted by molar-refractivity contribution is -0.200. The van der Waals surface area contributed by atoms with Gasteiger partial charge in [0.2, 0.25) is 0 Å². The number of allylic oxidation sites excluding steroid dienone is 4. The molecule has 0 unspecified atom stereocenters. The molecule has 0 amide bonds. The Morgan fingerprint density at radius 2 is 2.05 bits per heavy atom. The van der Waals surface area contributed by atoms with E-state index < -0.39 is 41.5 Å². The van der Waals surface area contributed by atoms with Crippen molar-refractivity contribution in [3.8, 4) is 0 Å². The Kier molecular flexibility index (Phi) is 6.50. The maximum atomic E-state index is 13.8. The largest absolute Gasteiger partial charge is 0.399 e. The number of nitrogen functional groups attached to an aromatic ring is 1. The molecule has 7 nitrogen and oxygen atoms in total. The van der Waals surface area contributed by atoms with Crippen LogP contribution in [0.1, 0.15) is 66.7 Å². The van der Waals surface area contributed by atoms with Crippen molar-refractivity contribution in [1.82, 2.24) is 0 Å². The minimum absolute atomic E-state index is 0.00623. The molecule has 2 aromatic rings. The van der Waals surface area contributed by atoms with Crippen LogP contribution in [-0.4, -0.2) is 46.2 Å². The number of ether oxygens (including phenoxy) is 2. The van der Waals surface area contributed by atoms with Gasteiger partial charge in [0.25, 0.3) is 0 Å². The highest BCUT2D eigenvalue weighted by atomic mass is 32.1. The number of carbonyl (C=O) groups is 2. The molecule has 4 fully saturated rings. The zero-order valence-corrected chi connectivity index (χ0v) is 25.2. The molecule has 0 radical (unpaired) electrons. The normalized spacial score (nSPS) is 40.2. The fourth-order valence-electron chi connectivity index (χ4n) is 9.59. The van der Waals surface area contributed by atoms with E-state index in [0.717, 1.165) is 51.4 Å². The molecule has 4 aliphatic carbocycles. The van der Waals surface area contributed by atoms with Gasteiger partial charge < -0.3 is 25.4 Å². The number of hydrogen-bond acceptors (Lipinski definition) is 8. The van der Waals surface area contributed by atoms with E-state index in [-0.39, 0.29) is 29.3 Å². The van der Waals surface area contributed by atoms with E-state index >= 15 is 0 Å². The quantitative estimate of drug-likeness (QED) is 0.428. The van der Waals surface area contributed by atoms with Gasteiger partial charge in [-0.3, -0.25) is 9.59 Å². The topological polar surface area (TPSA) is 119 Å². The predicted octanol–water partition coefficient (Wildman–Crippen LogP) is 4.83. The number of hydrogen-bond donors (Lipinski definition) is 3. The molecular weight excluding hydrogens is 550 g/mol. The van der Waals surface area contributed by atoms with Crippen LogP contribution in [0.4, 0.5) is 5.69 Å². The number of thiophene rings is 1. The fourth-order valence-corrected chi connectivity index (χ4v) is 10.8. The molecule has 3 saturated carbocycles. The van der Waals surface area contributed by atoms with E-state index in [9.17, 15) is 19.8 Å². The average Bonchev–Trinajstić information content (AvgIpc) is 3.57. The van der Waals surface area contributed by atoms with Gasteiger partial charge in [0, 0.05) is 33.7 Å². The van der Waals surface area contributed by atoms with Crippen molar-refractivity contribution in [2.75, 3.05) is 12.3 Å². The maximum Gasteiger partial charge on any atom is 0.195 e. The molecule has 1 aromatic heterocycles. The SMILES string of the molecule is Cc1cc(Cc2cccc(N)c2)sc1[C@@H]1O[C@@H]2C[C@H]3[C@@H]4CCC5=CC(=O)C=C[C@]5(C)[C@H]4[C@@H](O)C[C@]3(C)[C@]2(C(=O)CO)O1. The van der Waals surface area contributed by atoms with Gasteiger partial charge in [0.1, 0.15) is 6.61 Å². The Labute approximate surface area is 250 Å². The molecule has 8 heteroatoms. The van der Waals surface area contributed by atoms with Crippen molar-refractivity contribution < 1.29 is 29.3 Å². The van der Waals surface area contributed by atoms with Crippen molar-refractivity contribution in [2.45, 2.75) is 77.0 Å². The number of aryl methyl sites for hydroxylation is 1. The maximum absolute atomic E-state index is 13.8. The van der Waals surface area contributed by atoms with E-state index in [1.165, 1.54) is 0 Å². The Morgan fingerprint density at radius 1 is 1.24 bits per heavy atom. The van der Waals surface area contributed by atoms with Crippen LogP contribution in [0.2, 0.25) is 0 Å². The van der Waals surface area contributed by atoms with Crippen LogP contribution in [0.3, 0.4) is 0 Å². The molecule has 7 rings (SSSR count).